The maximum Gasteiger partial charge on any atom is 0.310 e. The SMILES string of the molecule is CC(C(=O)O)C1=CCCc2cc(O)ccc21. The quantitative estimate of drug-likeness (QED) is 0.801. The topological polar surface area (TPSA) is 57.5 Å². The first-order valence-electron chi connectivity index (χ1n) is 5.34. The number of phenols is 1. The van der Waals surface area contributed by atoms with Gasteiger partial charge in [-0.15, -0.1) is 0 Å². The Balaban J connectivity index is 2.44. The summed E-state index contributed by atoms with van der Waals surface area (Å²) in [5, 5.41) is 18.4. The van der Waals surface area contributed by atoms with Gasteiger partial charge in [-0.3, -0.25) is 4.79 Å². The third-order valence-electron chi connectivity index (χ3n) is 3.01. The van der Waals surface area contributed by atoms with Crippen molar-refractivity contribution in [2.75, 3.05) is 0 Å². The molecular formula is C13H14O3. The Labute approximate surface area is 94.0 Å². The smallest absolute Gasteiger partial charge is 0.310 e. The van der Waals surface area contributed by atoms with Crippen molar-refractivity contribution in [2.45, 2.75) is 19.8 Å². The molecule has 0 heterocycles. The Morgan fingerprint density at radius 2 is 2.19 bits per heavy atom. The first-order valence-corrected chi connectivity index (χ1v) is 5.34. The van der Waals surface area contributed by atoms with Crippen LogP contribution in [0.5, 0.6) is 5.75 Å². The van der Waals surface area contributed by atoms with Crippen LogP contribution in [0.1, 0.15) is 24.5 Å². The van der Waals surface area contributed by atoms with Gasteiger partial charge in [0.15, 0.2) is 0 Å². The number of rotatable bonds is 2. The van der Waals surface area contributed by atoms with Crippen molar-refractivity contribution in [1.82, 2.24) is 0 Å². The van der Waals surface area contributed by atoms with Gasteiger partial charge in [0.25, 0.3) is 0 Å². The summed E-state index contributed by atoms with van der Waals surface area (Å²) in [6, 6.07) is 5.12. The van der Waals surface area contributed by atoms with Crippen LogP contribution in [0.15, 0.2) is 24.3 Å². The Morgan fingerprint density at radius 3 is 2.88 bits per heavy atom. The van der Waals surface area contributed by atoms with Gasteiger partial charge in [-0.25, -0.2) is 0 Å². The largest absolute Gasteiger partial charge is 0.508 e. The van der Waals surface area contributed by atoms with Crippen molar-refractivity contribution in [3.63, 3.8) is 0 Å². The summed E-state index contributed by atoms with van der Waals surface area (Å²) < 4.78 is 0. The van der Waals surface area contributed by atoms with Crippen molar-refractivity contribution in [1.29, 1.82) is 0 Å². The normalized spacial score (nSPS) is 16.2. The van der Waals surface area contributed by atoms with E-state index in [2.05, 4.69) is 0 Å². The van der Waals surface area contributed by atoms with Gasteiger partial charge >= 0.3 is 5.97 Å². The van der Waals surface area contributed by atoms with Gasteiger partial charge in [-0.05, 0) is 48.6 Å². The minimum atomic E-state index is -0.813. The summed E-state index contributed by atoms with van der Waals surface area (Å²) in [5.74, 6) is -1.07. The van der Waals surface area contributed by atoms with Crippen molar-refractivity contribution in [3.05, 3.63) is 35.4 Å². The van der Waals surface area contributed by atoms with Gasteiger partial charge < -0.3 is 10.2 Å². The van der Waals surface area contributed by atoms with E-state index in [0.717, 1.165) is 29.5 Å². The second-order valence-corrected chi connectivity index (χ2v) is 4.10. The highest BCUT2D eigenvalue weighted by molar-refractivity contribution is 5.88. The molecule has 0 radical (unpaired) electrons. The van der Waals surface area contributed by atoms with Gasteiger partial charge in [-0.2, -0.15) is 0 Å². The van der Waals surface area contributed by atoms with Crippen molar-refractivity contribution in [2.24, 2.45) is 5.92 Å². The highest BCUT2D eigenvalue weighted by Crippen LogP contribution is 2.33. The molecule has 0 fully saturated rings. The molecule has 16 heavy (non-hydrogen) atoms. The van der Waals surface area contributed by atoms with E-state index in [1.165, 1.54) is 0 Å². The summed E-state index contributed by atoms with van der Waals surface area (Å²) >= 11 is 0. The van der Waals surface area contributed by atoms with Crippen LogP contribution in [0.4, 0.5) is 0 Å². The number of aliphatic carboxylic acids is 1. The maximum atomic E-state index is 11.0. The third kappa shape index (κ3) is 1.81. The van der Waals surface area contributed by atoms with E-state index in [0.29, 0.717) is 0 Å². The molecule has 84 valence electrons. The monoisotopic (exact) mass is 218 g/mol. The lowest BCUT2D eigenvalue weighted by Crippen LogP contribution is -2.14. The van der Waals surface area contributed by atoms with Crippen LogP contribution in [-0.4, -0.2) is 16.2 Å². The molecule has 1 aliphatic rings. The van der Waals surface area contributed by atoms with E-state index in [4.69, 9.17) is 5.11 Å². The third-order valence-corrected chi connectivity index (χ3v) is 3.01. The molecule has 0 bridgehead atoms. The second-order valence-electron chi connectivity index (χ2n) is 4.10. The summed E-state index contributed by atoms with van der Waals surface area (Å²) in [5.41, 5.74) is 2.85. The zero-order valence-corrected chi connectivity index (χ0v) is 9.10. The van der Waals surface area contributed by atoms with Crippen molar-refractivity contribution < 1.29 is 15.0 Å². The number of fused-ring (bicyclic) bond motifs is 1. The van der Waals surface area contributed by atoms with E-state index in [1.807, 2.05) is 6.08 Å². The summed E-state index contributed by atoms with van der Waals surface area (Å²) in [6.07, 6.45) is 3.68. The Hall–Kier alpha value is -1.77. The van der Waals surface area contributed by atoms with E-state index in [9.17, 15) is 9.90 Å². The standard InChI is InChI=1S/C13H14O3/c1-8(13(15)16)11-4-2-3-9-7-10(14)5-6-12(9)11/h4-8,14H,2-3H2,1H3,(H,15,16). The fraction of sp³-hybridized carbons (Fsp3) is 0.308. The lowest BCUT2D eigenvalue weighted by atomic mass is 9.84. The van der Waals surface area contributed by atoms with Crippen LogP contribution in [0, 0.1) is 5.92 Å². The summed E-state index contributed by atoms with van der Waals surface area (Å²) in [7, 11) is 0. The molecule has 2 rings (SSSR count). The lowest BCUT2D eigenvalue weighted by molar-refractivity contribution is -0.139. The zero-order valence-electron chi connectivity index (χ0n) is 9.10. The van der Waals surface area contributed by atoms with E-state index < -0.39 is 11.9 Å². The number of carbonyl (C=O) groups is 1. The van der Waals surface area contributed by atoms with Crippen LogP contribution in [0.3, 0.4) is 0 Å². The molecule has 2 N–H and O–H groups in total. The molecular weight excluding hydrogens is 204 g/mol. The number of phenolic OH excluding ortho intramolecular Hbond substituents is 1. The first kappa shape index (κ1) is 10.7. The molecule has 1 aromatic carbocycles. The first-order chi connectivity index (χ1) is 7.59. The van der Waals surface area contributed by atoms with Crippen LogP contribution >= 0.6 is 0 Å². The average molecular weight is 218 g/mol. The number of aromatic hydroxyl groups is 1. The number of hydrogen-bond donors (Lipinski definition) is 2. The van der Waals surface area contributed by atoms with Crippen LogP contribution in [0.25, 0.3) is 5.57 Å². The van der Waals surface area contributed by atoms with Crippen molar-refractivity contribution >= 4 is 11.5 Å². The van der Waals surface area contributed by atoms with Gasteiger partial charge in [0, 0.05) is 0 Å². The summed E-state index contributed by atoms with van der Waals surface area (Å²) in [4.78, 5) is 11.0. The molecule has 0 amide bonds. The molecule has 0 spiro atoms. The number of hydrogen-bond acceptors (Lipinski definition) is 2. The maximum absolute atomic E-state index is 11.0. The Kier molecular flexibility index (Phi) is 2.69. The molecule has 1 atom stereocenters. The highest BCUT2D eigenvalue weighted by Gasteiger charge is 2.22. The molecule has 0 aliphatic heterocycles. The van der Waals surface area contributed by atoms with E-state index in [-0.39, 0.29) is 5.75 Å². The van der Waals surface area contributed by atoms with Gasteiger partial charge in [0.1, 0.15) is 5.75 Å². The predicted octanol–water partition coefficient (Wildman–Crippen LogP) is 2.44. The van der Waals surface area contributed by atoms with Crippen molar-refractivity contribution in [3.8, 4) is 5.75 Å². The molecule has 1 unspecified atom stereocenters. The minimum Gasteiger partial charge on any atom is -0.508 e. The highest BCUT2D eigenvalue weighted by atomic mass is 16.4. The minimum absolute atomic E-state index is 0.239. The number of allylic oxidation sites excluding steroid dienone is 1. The Morgan fingerprint density at radius 1 is 1.44 bits per heavy atom. The van der Waals surface area contributed by atoms with Crippen LogP contribution in [0.2, 0.25) is 0 Å². The van der Waals surface area contributed by atoms with Gasteiger partial charge in [-0.1, -0.05) is 12.1 Å². The fourth-order valence-corrected chi connectivity index (χ4v) is 2.10. The van der Waals surface area contributed by atoms with Crippen LogP contribution in [-0.2, 0) is 11.2 Å². The lowest BCUT2D eigenvalue weighted by Gasteiger charge is -2.20. The molecule has 3 heteroatoms. The molecule has 1 aromatic rings. The Bertz CT molecular complexity index is 460. The van der Waals surface area contributed by atoms with E-state index in [1.54, 1.807) is 25.1 Å². The summed E-state index contributed by atoms with van der Waals surface area (Å²) in [6.45, 7) is 1.69. The number of carboxylic acid groups (broad SMARTS) is 1. The van der Waals surface area contributed by atoms with E-state index >= 15 is 0 Å². The molecule has 0 saturated carbocycles. The number of aryl methyl sites for hydroxylation is 1. The molecule has 0 aromatic heterocycles. The molecule has 3 nitrogen and oxygen atoms in total. The van der Waals surface area contributed by atoms with Crippen LogP contribution < -0.4 is 0 Å². The average Bonchev–Trinajstić information content (AvgIpc) is 2.26. The van der Waals surface area contributed by atoms with Gasteiger partial charge in [0.2, 0.25) is 0 Å². The number of carboxylic acids is 1. The van der Waals surface area contributed by atoms with Gasteiger partial charge in [0.05, 0.1) is 5.92 Å². The zero-order chi connectivity index (χ0) is 11.7. The fourth-order valence-electron chi connectivity index (χ4n) is 2.10. The number of benzene rings is 1. The second kappa shape index (κ2) is 4.00. The predicted molar refractivity (Wildman–Crippen MR) is 61.2 cm³/mol. The molecule has 0 saturated heterocycles. The molecule has 1 aliphatic carbocycles.